The Bertz CT molecular complexity index is 354. The Morgan fingerprint density at radius 2 is 2.27 bits per heavy atom. The molecule has 3 N–H and O–H groups in total. The molecular weight excluding hydrogens is 214 g/mol. The third kappa shape index (κ3) is 3.49. The number of rotatable bonds is 3. The first-order valence-electron chi connectivity index (χ1n) is 4.68. The van der Waals surface area contributed by atoms with Crippen molar-refractivity contribution in [3.05, 3.63) is 23.4 Å². The van der Waals surface area contributed by atoms with E-state index in [0.29, 0.717) is 10.8 Å². The topological polar surface area (TPSA) is 68.0 Å². The van der Waals surface area contributed by atoms with Crippen LogP contribution >= 0.6 is 11.6 Å². The molecule has 0 bridgehead atoms. The summed E-state index contributed by atoms with van der Waals surface area (Å²) in [5.41, 5.74) is 5.67. The number of nitrogens with one attached hydrogen (secondary N) is 1. The van der Waals surface area contributed by atoms with E-state index < -0.39 is 6.04 Å². The predicted molar refractivity (Wildman–Crippen MR) is 60.7 cm³/mol. The number of nitrogens with two attached hydrogens (primary N) is 1. The minimum atomic E-state index is -0.536. The SMILES string of the molecule is CC(C)C(N)C(=O)Nc1cc(Cl)ccn1. The number of pyridine rings is 1. The first kappa shape index (κ1) is 11.9. The maximum Gasteiger partial charge on any atom is 0.242 e. The normalized spacial score (nSPS) is 12.6. The zero-order valence-corrected chi connectivity index (χ0v) is 9.45. The summed E-state index contributed by atoms with van der Waals surface area (Å²) in [7, 11) is 0. The van der Waals surface area contributed by atoms with Crippen molar-refractivity contribution in [1.82, 2.24) is 4.98 Å². The number of nitrogens with zero attached hydrogens (tertiary/aromatic N) is 1. The molecule has 1 aromatic heterocycles. The van der Waals surface area contributed by atoms with E-state index in [-0.39, 0.29) is 11.8 Å². The summed E-state index contributed by atoms with van der Waals surface area (Å²) >= 11 is 5.75. The van der Waals surface area contributed by atoms with Crippen LogP contribution in [0.1, 0.15) is 13.8 Å². The summed E-state index contributed by atoms with van der Waals surface area (Å²) < 4.78 is 0. The summed E-state index contributed by atoms with van der Waals surface area (Å²) in [5, 5.41) is 3.13. The quantitative estimate of drug-likeness (QED) is 0.825. The van der Waals surface area contributed by atoms with Crippen molar-refractivity contribution in [2.24, 2.45) is 11.7 Å². The number of carbonyl (C=O) groups is 1. The molecule has 0 spiro atoms. The molecule has 1 heterocycles. The van der Waals surface area contributed by atoms with E-state index in [1.165, 1.54) is 6.20 Å². The van der Waals surface area contributed by atoms with Crippen molar-refractivity contribution >= 4 is 23.3 Å². The van der Waals surface area contributed by atoms with Crippen LogP contribution in [0.4, 0.5) is 5.82 Å². The Labute approximate surface area is 93.8 Å². The van der Waals surface area contributed by atoms with Gasteiger partial charge in [-0.3, -0.25) is 4.79 Å². The van der Waals surface area contributed by atoms with E-state index in [0.717, 1.165) is 0 Å². The zero-order chi connectivity index (χ0) is 11.4. The average molecular weight is 228 g/mol. The Morgan fingerprint density at radius 3 is 2.80 bits per heavy atom. The van der Waals surface area contributed by atoms with Gasteiger partial charge >= 0.3 is 0 Å². The fourth-order valence-corrected chi connectivity index (χ4v) is 1.15. The molecule has 1 amide bonds. The number of aromatic nitrogens is 1. The van der Waals surface area contributed by atoms with Crippen molar-refractivity contribution in [2.45, 2.75) is 19.9 Å². The molecule has 0 fully saturated rings. The van der Waals surface area contributed by atoms with Crippen molar-refractivity contribution < 1.29 is 4.79 Å². The van der Waals surface area contributed by atoms with E-state index in [9.17, 15) is 4.79 Å². The van der Waals surface area contributed by atoms with Crippen LogP contribution in [0, 0.1) is 5.92 Å². The monoisotopic (exact) mass is 227 g/mol. The van der Waals surface area contributed by atoms with Crippen molar-refractivity contribution in [3.8, 4) is 0 Å². The molecule has 1 aromatic rings. The summed E-state index contributed by atoms with van der Waals surface area (Å²) in [4.78, 5) is 15.5. The lowest BCUT2D eigenvalue weighted by Crippen LogP contribution is -2.39. The van der Waals surface area contributed by atoms with Gasteiger partial charge in [-0.2, -0.15) is 0 Å². The van der Waals surface area contributed by atoms with E-state index >= 15 is 0 Å². The summed E-state index contributed by atoms with van der Waals surface area (Å²) in [6, 6.07) is 2.68. The summed E-state index contributed by atoms with van der Waals surface area (Å²) in [6.45, 7) is 3.77. The third-order valence-electron chi connectivity index (χ3n) is 1.99. The second-order valence-corrected chi connectivity index (χ2v) is 4.05. The van der Waals surface area contributed by atoms with Crippen LogP contribution in [0.2, 0.25) is 5.02 Å². The molecule has 0 aliphatic heterocycles. The smallest absolute Gasteiger partial charge is 0.242 e. The molecule has 1 atom stereocenters. The number of anilines is 1. The molecule has 5 heteroatoms. The highest BCUT2D eigenvalue weighted by atomic mass is 35.5. The summed E-state index contributed by atoms with van der Waals surface area (Å²) in [6.07, 6.45) is 1.53. The Balaban J connectivity index is 2.66. The molecule has 0 saturated heterocycles. The second-order valence-electron chi connectivity index (χ2n) is 3.62. The highest BCUT2D eigenvalue weighted by Gasteiger charge is 2.17. The molecule has 1 unspecified atom stereocenters. The molecule has 4 nitrogen and oxygen atoms in total. The van der Waals surface area contributed by atoms with Gasteiger partial charge < -0.3 is 11.1 Å². The van der Waals surface area contributed by atoms with Gasteiger partial charge in [0.2, 0.25) is 5.91 Å². The lowest BCUT2D eigenvalue weighted by Gasteiger charge is -2.14. The molecule has 0 saturated carbocycles. The van der Waals surface area contributed by atoms with Crippen molar-refractivity contribution in [1.29, 1.82) is 0 Å². The van der Waals surface area contributed by atoms with E-state index in [2.05, 4.69) is 10.3 Å². The van der Waals surface area contributed by atoms with Crippen LogP contribution in [0.5, 0.6) is 0 Å². The molecule has 15 heavy (non-hydrogen) atoms. The number of hydrogen-bond donors (Lipinski definition) is 2. The van der Waals surface area contributed by atoms with Gasteiger partial charge in [-0.05, 0) is 18.1 Å². The molecular formula is C10H14ClN3O. The van der Waals surface area contributed by atoms with Crippen LogP contribution in [0.3, 0.4) is 0 Å². The molecule has 0 aliphatic rings. The largest absolute Gasteiger partial charge is 0.320 e. The maximum atomic E-state index is 11.5. The van der Waals surface area contributed by atoms with Gasteiger partial charge in [-0.25, -0.2) is 4.98 Å². The van der Waals surface area contributed by atoms with Crippen LogP contribution in [-0.4, -0.2) is 16.9 Å². The minimum absolute atomic E-state index is 0.0872. The Hall–Kier alpha value is -1.13. The molecule has 0 aromatic carbocycles. The number of halogens is 1. The van der Waals surface area contributed by atoms with Gasteiger partial charge in [0.1, 0.15) is 5.82 Å². The molecule has 0 aliphatic carbocycles. The zero-order valence-electron chi connectivity index (χ0n) is 8.70. The van der Waals surface area contributed by atoms with E-state index in [4.69, 9.17) is 17.3 Å². The Morgan fingerprint density at radius 1 is 1.60 bits per heavy atom. The molecule has 82 valence electrons. The predicted octanol–water partition coefficient (Wildman–Crippen LogP) is 1.66. The van der Waals surface area contributed by atoms with E-state index in [1.54, 1.807) is 12.1 Å². The van der Waals surface area contributed by atoms with Gasteiger partial charge in [0, 0.05) is 11.2 Å². The highest BCUT2D eigenvalue weighted by Crippen LogP contribution is 2.12. The van der Waals surface area contributed by atoms with Crippen LogP contribution in [-0.2, 0) is 4.79 Å². The number of hydrogen-bond acceptors (Lipinski definition) is 3. The van der Waals surface area contributed by atoms with Gasteiger partial charge in [0.15, 0.2) is 0 Å². The first-order valence-corrected chi connectivity index (χ1v) is 5.06. The lowest BCUT2D eigenvalue weighted by molar-refractivity contribution is -0.118. The van der Waals surface area contributed by atoms with Gasteiger partial charge in [-0.15, -0.1) is 0 Å². The van der Waals surface area contributed by atoms with Gasteiger partial charge in [0.25, 0.3) is 0 Å². The van der Waals surface area contributed by atoms with Crippen molar-refractivity contribution in [3.63, 3.8) is 0 Å². The fourth-order valence-electron chi connectivity index (χ4n) is 0.985. The first-order chi connectivity index (χ1) is 7.00. The Kier molecular flexibility index (Phi) is 4.05. The number of carbonyl (C=O) groups excluding carboxylic acids is 1. The molecule has 1 rings (SSSR count). The van der Waals surface area contributed by atoms with Gasteiger partial charge in [0.05, 0.1) is 6.04 Å². The maximum absolute atomic E-state index is 11.5. The number of amides is 1. The van der Waals surface area contributed by atoms with Crippen LogP contribution in [0.15, 0.2) is 18.3 Å². The lowest BCUT2D eigenvalue weighted by atomic mass is 10.1. The second kappa shape index (κ2) is 5.09. The highest BCUT2D eigenvalue weighted by molar-refractivity contribution is 6.30. The van der Waals surface area contributed by atoms with Crippen LogP contribution in [0.25, 0.3) is 0 Å². The van der Waals surface area contributed by atoms with E-state index in [1.807, 2.05) is 13.8 Å². The van der Waals surface area contributed by atoms with Crippen molar-refractivity contribution in [2.75, 3.05) is 5.32 Å². The van der Waals surface area contributed by atoms with Gasteiger partial charge in [-0.1, -0.05) is 25.4 Å². The standard InChI is InChI=1S/C10H14ClN3O/c1-6(2)9(12)10(15)14-8-5-7(11)3-4-13-8/h3-6,9H,12H2,1-2H3,(H,13,14,15). The van der Waals surface area contributed by atoms with Crippen LogP contribution < -0.4 is 11.1 Å². The summed E-state index contributed by atoms with van der Waals surface area (Å²) in [5.74, 6) is 0.257. The minimum Gasteiger partial charge on any atom is -0.320 e. The molecule has 0 radical (unpaired) electrons. The average Bonchev–Trinajstić information content (AvgIpc) is 2.16. The third-order valence-corrected chi connectivity index (χ3v) is 2.23. The fraction of sp³-hybridized carbons (Fsp3) is 0.400.